The number of anilines is 2. The number of aryl methyl sites for hydroxylation is 1. The fourth-order valence-electron chi connectivity index (χ4n) is 1.80. The van der Waals surface area contributed by atoms with Gasteiger partial charge in [-0.15, -0.1) is 0 Å². The minimum absolute atomic E-state index is 0.624. The van der Waals surface area contributed by atoms with E-state index in [0.717, 1.165) is 41.7 Å². The second-order valence-corrected chi connectivity index (χ2v) is 4.49. The van der Waals surface area contributed by atoms with Crippen LogP contribution in [0.3, 0.4) is 0 Å². The summed E-state index contributed by atoms with van der Waals surface area (Å²) >= 11 is 0. The van der Waals surface area contributed by atoms with Crippen LogP contribution in [0.25, 0.3) is 0 Å². The van der Waals surface area contributed by atoms with Crippen molar-refractivity contribution in [3.05, 3.63) is 35.5 Å². The Kier molecular flexibility index (Phi) is 4.39. The van der Waals surface area contributed by atoms with E-state index >= 15 is 0 Å². The third-order valence-electron chi connectivity index (χ3n) is 2.85. The van der Waals surface area contributed by atoms with Gasteiger partial charge in [0.25, 0.3) is 0 Å². The molecule has 5 heteroatoms. The smallest absolute Gasteiger partial charge is 0.134 e. The molecule has 2 N–H and O–H groups in total. The average molecular weight is 260 g/mol. The van der Waals surface area contributed by atoms with Crippen LogP contribution in [0, 0.1) is 13.8 Å². The summed E-state index contributed by atoms with van der Waals surface area (Å²) in [7, 11) is 0. The molecule has 0 amide bonds. The zero-order chi connectivity index (χ0) is 13.7. The molecule has 102 valence electrons. The molecule has 0 fully saturated rings. The van der Waals surface area contributed by atoms with Crippen LogP contribution in [0.4, 0.5) is 11.6 Å². The van der Waals surface area contributed by atoms with Gasteiger partial charge in [-0.3, -0.25) is 0 Å². The zero-order valence-corrected chi connectivity index (χ0v) is 11.7. The quantitative estimate of drug-likeness (QED) is 0.835. The van der Waals surface area contributed by atoms with Crippen LogP contribution in [-0.4, -0.2) is 16.5 Å². The molecule has 2 rings (SSSR count). The largest absolute Gasteiger partial charge is 0.465 e. The maximum atomic E-state index is 5.52. The first-order valence-corrected chi connectivity index (χ1v) is 6.55. The minimum atomic E-state index is 0.624. The van der Waals surface area contributed by atoms with Gasteiger partial charge in [0.15, 0.2) is 0 Å². The molecule has 0 aliphatic rings. The van der Waals surface area contributed by atoms with Gasteiger partial charge in [-0.2, -0.15) is 0 Å². The van der Waals surface area contributed by atoms with Gasteiger partial charge in [0.1, 0.15) is 29.5 Å². The van der Waals surface area contributed by atoms with E-state index in [1.165, 1.54) is 0 Å². The summed E-state index contributed by atoms with van der Waals surface area (Å²) in [5.74, 6) is 3.54. The highest BCUT2D eigenvalue weighted by molar-refractivity contribution is 5.56. The van der Waals surface area contributed by atoms with Crippen molar-refractivity contribution in [2.45, 2.75) is 33.7 Å². The lowest BCUT2D eigenvalue weighted by atomic mass is 10.3. The standard InChI is InChI=1S/C14H20N4O/c1-4-7-15-13-11(3)14(18-9-17-13)16-8-12-6-5-10(2)19-12/h5-6,9H,4,7-8H2,1-3H3,(H2,15,16,17,18). The maximum absolute atomic E-state index is 5.52. The predicted octanol–water partition coefficient (Wildman–Crippen LogP) is 3.12. The Morgan fingerprint density at radius 3 is 2.47 bits per heavy atom. The first-order valence-electron chi connectivity index (χ1n) is 6.55. The number of nitrogens with zero attached hydrogens (tertiary/aromatic N) is 2. The van der Waals surface area contributed by atoms with Crippen molar-refractivity contribution in [3.63, 3.8) is 0 Å². The van der Waals surface area contributed by atoms with Crippen LogP contribution in [0.5, 0.6) is 0 Å². The summed E-state index contributed by atoms with van der Waals surface area (Å²) < 4.78 is 5.52. The van der Waals surface area contributed by atoms with Gasteiger partial charge in [0, 0.05) is 12.1 Å². The van der Waals surface area contributed by atoms with Crippen molar-refractivity contribution in [1.29, 1.82) is 0 Å². The summed E-state index contributed by atoms with van der Waals surface area (Å²) in [4.78, 5) is 8.51. The lowest BCUT2D eigenvalue weighted by Crippen LogP contribution is -2.08. The summed E-state index contributed by atoms with van der Waals surface area (Å²) in [6.07, 6.45) is 2.64. The van der Waals surface area contributed by atoms with E-state index < -0.39 is 0 Å². The van der Waals surface area contributed by atoms with Crippen molar-refractivity contribution >= 4 is 11.6 Å². The molecule has 5 nitrogen and oxygen atoms in total. The summed E-state index contributed by atoms with van der Waals surface area (Å²) in [5.41, 5.74) is 1.03. The summed E-state index contributed by atoms with van der Waals surface area (Å²) in [5, 5.41) is 6.57. The number of aromatic nitrogens is 2. The van der Waals surface area contributed by atoms with Crippen molar-refractivity contribution in [1.82, 2.24) is 9.97 Å². The zero-order valence-electron chi connectivity index (χ0n) is 11.7. The number of rotatable bonds is 6. The molecular weight excluding hydrogens is 240 g/mol. The van der Waals surface area contributed by atoms with Gasteiger partial charge in [-0.1, -0.05) is 6.92 Å². The summed E-state index contributed by atoms with van der Waals surface area (Å²) in [6, 6.07) is 3.92. The molecule has 0 atom stereocenters. The highest BCUT2D eigenvalue weighted by atomic mass is 16.3. The molecule has 0 spiro atoms. The van der Waals surface area contributed by atoms with Gasteiger partial charge < -0.3 is 15.1 Å². The third kappa shape index (κ3) is 3.47. The lowest BCUT2D eigenvalue weighted by Gasteiger charge is -2.11. The molecule has 0 aliphatic carbocycles. The Hall–Kier alpha value is -2.04. The predicted molar refractivity (Wildman–Crippen MR) is 76.3 cm³/mol. The van der Waals surface area contributed by atoms with Crippen LogP contribution in [0.1, 0.15) is 30.4 Å². The molecule has 0 saturated heterocycles. The normalized spacial score (nSPS) is 10.5. The van der Waals surface area contributed by atoms with Crippen LogP contribution in [0.15, 0.2) is 22.9 Å². The van der Waals surface area contributed by atoms with E-state index in [9.17, 15) is 0 Å². The van der Waals surface area contributed by atoms with Gasteiger partial charge in [-0.05, 0) is 32.4 Å². The van der Waals surface area contributed by atoms with E-state index in [1.807, 2.05) is 26.0 Å². The maximum Gasteiger partial charge on any atom is 0.134 e. The van der Waals surface area contributed by atoms with Crippen LogP contribution >= 0.6 is 0 Å². The van der Waals surface area contributed by atoms with Crippen molar-refractivity contribution in [3.8, 4) is 0 Å². The molecular formula is C14H20N4O. The number of hydrogen-bond donors (Lipinski definition) is 2. The van der Waals surface area contributed by atoms with Crippen LogP contribution in [0.2, 0.25) is 0 Å². The Morgan fingerprint density at radius 2 is 1.84 bits per heavy atom. The fourth-order valence-corrected chi connectivity index (χ4v) is 1.80. The topological polar surface area (TPSA) is 63.0 Å². The molecule has 0 radical (unpaired) electrons. The van der Waals surface area contributed by atoms with Crippen molar-refractivity contribution in [2.24, 2.45) is 0 Å². The first kappa shape index (κ1) is 13.4. The van der Waals surface area contributed by atoms with E-state index in [0.29, 0.717) is 6.54 Å². The second-order valence-electron chi connectivity index (χ2n) is 4.49. The second kappa shape index (κ2) is 6.22. The molecule has 0 aliphatic heterocycles. The Morgan fingerprint density at radius 1 is 1.11 bits per heavy atom. The van der Waals surface area contributed by atoms with Crippen molar-refractivity contribution < 1.29 is 4.42 Å². The highest BCUT2D eigenvalue weighted by Gasteiger charge is 2.07. The molecule has 0 saturated carbocycles. The molecule has 0 aromatic carbocycles. The van der Waals surface area contributed by atoms with Gasteiger partial charge in [-0.25, -0.2) is 9.97 Å². The van der Waals surface area contributed by atoms with E-state index in [-0.39, 0.29) is 0 Å². The fraction of sp³-hybridized carbons (Fsp3) is 0.429. The molecule has 2 aromatic heterocycles. The Balaban J connectivity index is 2.03. The number of furan rings is 1. The highest BCUT2D eigenvalue weighted by Crippen LogP contribution is 2.19. The molecule has 19 heavy (non-hydrogen) atoms. The van der Waals surface area contributed by atoms with E-state index in [2.05, 4.69) is 27.5 Å². The lowest BCUT2D eigenvalue weighted by molar-refractivity contribution is 0.490. The SMILES string of the molecule is CCCNc1ncnc(NCc2ccc(C)o2)c1C. The molecule has 0 bridgehead atoms. The Labute approximate surface area is 113 Å². The molecule has 2 heterocycles. The molecule has 2 aromatic rings. The van der Waals surface area contributed by atoms with E-state index in [1.54, 1.807) is 6.33 Å². The van der Waals surface area contributed by atoms with E-state index in [4.69, 9.17) is 4.42 Å². The average Bonchev–Trinajstić information content (AvgIpc) is 2.82. The third-order valence-corrected chi connectivity index (χ3v) is 2.85. The van der Waals surface area contributed by atoms with Gasteiger partial charge in [0.2, 0.25) is 0 Å². The van der Waals surface area contributed by atoms with Crippen LogP contribution in [-0.2, 0) is 6.54 Å². The summed E-state index contributed by atoms with van der Waals surface area (Å²) in [6.45, 7) is 7.61. The van der Waals surface area contributed by atoms with Gasteiger partial charge >= 0.3 is 0 Å². The van der Waals surface area contributed by atoms with Crippen molar-refractivity contribution in [2.75, 3.05) is 17.2 Å². The monoisotopic (exact) mass is 260 g/mol. The number of hydrogen-bond acceptors (Lipinski definition) is 5. The molecule has 0 unspecified atom stereocenters. The first-order chi connectivity index (χ1) is 9.20. The van der Waals surface area contributed by atoms with Gasteiger partial charge in [0.05, 0.1) is 6.54 Å². The Bertz CT molecular complexity index is 536. The van der Waals surface area contributed by atoms with Crippen LogP contribution < -0.4 is 10.6 Å². The number of nitrogens with one attached hydrogen (secondary N) is 2. The minimum Gasteiger partial charge on any atom is -0.465 e.